The highest BCUT2D eigenvalue weighted by Crippen LogP contribution is 2.19. The Kier molecular flexibility index (Phi) is 3.89. The molecule has 4 N–H and O–H groups in total. The number of allylic oxidation sites excluding steroid dienone is 2. The molecule has 16 heavy (non-hydrogen) atoms. The van der Waals surface area contributed by atoms with E-state index in [-0.39, 0.29) is 5.33 Å². The largest absolute Gasteiger partial charge is 0.332 e. The number of hydrogen-bond donors (Lipinski definition) is 3. The molecule has 1 aliphatic rings. The van der Waals surface area contributed by atoms with Gasteiger partial charge in [-0.25, -0.2) is 0 Å². The molecule has 1 aliphatic carbocycles. The molecule has 0 fully saturated rings. The van der Waals surface area contributed by atoms with Crippen molar-refractivity contribution in [1.82, 2.24) is 5.32 Å². The van der Waals surface area contributed by atoms with Crippen LogP contribution in [0.2, 0.25) is 0 Å². The van der Waals surface area contributed by atoms with Gasteiger partial charge in [-0.15, -0.1) is 0 Å². The molecule has 0 aliphatic heterocycles. The van der Waals surface area contributed by atoms with E-state index in [9.17, 15) is 13.2 Å². The second-order valence-corrected chi connectivity index (χ2v) is 5.39. The predicted octanol–water partition coefficient (Wildman–Crippen LogP) is -0.465. The fourth-order valence-electron chi connectivity index (χ4n) is 1.37. The number of carbonyl (C=O) groups excluding carboxylic acids is 1. The van der Waals surface area contributed by atoms with Crippen LogP contribution in [0.3, 0.4) is 0 Å². The Bertz CT molecular complexity index is 445. The van der Waals surface area contributed by atoms with Crippen LogP contribution >= 0.6 is 15.9 Å². The topological polar surface area (TPSA) is 109 Å². The van der Waals surface area contributed by atoms with Crippen LogP contribution in [0.1, 0.15) is 0 Å². The van der Waals surface area contributed by atoms with E-state index < -0.39 is 26.9 Å². The molecule has 0 aromatic heterocycles. The van der Waals surface area contributed by atoms with Gasteiger partial charge < -0.3 is 11.1 Å². The highest BCUT2D eigenvalue weighted by Gasteiger charge is 2.41. The third kappa shape index (κ3) is 2.91. The SMILES string of the molecule is NC1(NC(=O)CBr)C=CC=CC1S(=O)(=O)O. The highest BCUT2D eigenvalue weighted by atomic mass is 79.9. The second-order valence-electron chi connectivity index (χ2n) is 3.29. The van der Waals surface area contributed by atoms with Crippen LogP contribution in [0.4, 0.5) is 0 Å². The van der Waals surface area contributed by atoms with Crippen molar-refractivity contribution < 1.29 is 17.8 Å². The number of hydrogen-bond acceptors (Lipinski definition) is 4. The molecule has 0 bridgehead atoms. The summed E-state index contributed by atoms with van der Waals surface area (Å²) in [4.78, 5) is 11.2. The van der Waals surface area contributed by atoms with Gasteiger partial charge in [-0.1, -0.05) is 34.2 Å². The van der Waals surface area contributed by atoms with E-state index in [1.54, 1.807) is 0 Å². The molecule has 0 aromatic rings. The maximum absolute atomic E-state index is 11.2. The molecule has 0 aromatic carbocycles. The third-order valence-corrected chi connectivity index (χ3v) is 3.74. The quantitative estimate of drug-likeness (QED) is 0.371. The Morgan fingerprint density at radius 1 is 1.56 bits per heavy atom. The van der Waals surface area contributed by atoms with Crippen molar-refractivity contribution in [1.29, 1.82) is 0 Å². The average molecular weight is 311 g/mol. The monoisotopic (exact) mass is 310 g/mol. The minimum atomic E-state index is -4.38. The number of nitrogens with one attached hydrogen (secondary N) is 1. The van der Waals surface area contributed by atoms with Crippen molar-refractivity contribution >= 4 is 32.0 Å². The first-order valence-corrected chi connectivity index (χ1v) is 6.90. The van der Waals surface area contributed by atoms with Gasteiger partial charge in [0.2, 0.25) is 5.91 Å². The third-order valence-electron chi connectivity index (χ3n) is 2.04. The smallest absolute Gasteiger partial charge is 0.275 e. The van der Waals surface area contributed by atoms with Gasteiger partial charge in [0.25, 0.3) is 10.1 Å². The van der Waals surface area contributed by atoms with Gasteiger partial charge in [-0.2, -0.15) is 8.42 Å². The first-order chi connectivity index (χ1) is 7.29. The standard InChI is InChI=1S/C8H11BrN2O4S/c9-5-7(12)11-8(10)4-2-1-3-6(8)16(13,14)15/h1-4,6H,5,10H2,(H,11,12)(H,13,14,15). The summed E-state index contributed by atoms with van der Waals surface area (Å²) in [5.41, 5.74) is 4.10. The van der Waals surface area contributed by atoms with Gasteiger partial charge in [-0.05, 0) is 6.08 Å². The first kappa shape index (κ1) is 13.4. The van der Waals surface area contributed by atoms with E-state index in [0.29, 0.717) is 0 Å². The summed E-state index contributed by atoms with van der Waals surface area (Å²) in [7, 11) is -4.38. The lowest BCUT2D eigenvalue weighted by atomic mass is 10.0. The fraction of sp³-hybridized carbons (Fsp3) is 0.375. The minimum absolute atomic E-state index is 0.0122. The van der Waals surface area contributed by atoms with Gasteiger partial charge in [0.15, 0.2) is 0 Å². The zero-order valence-corrected chi connectivity index (χ0v) is 10.5. The lowest BCUT2D eigenvalue weighted by Crippen LogP contribution is -2.64. The predicted molar refractivity (Wildman–Crippen MR) is 62.5 cm³/mol. The van der Waals surface area contributed by atoms with E-state index in [1.807, 2.05) is 0 Å². The van der Waals surface area contributed by atoms with Gasteiger partial charge in [0.05, 0.1) is 5.33 Å². The Balaban J connectivity index is 3.04. The second kappa shape index (κ2) is 4.66. The molecule has 6 nitrogen and oxygen atoms in total. The summed E-state index contributed by atoms with van der Waals surface area (Å²) >= 11 is 2.91. The van der Waals surface area contributed by atoms with Crippen LogP contribution < -0.4 is 11.1 Å². The number of alkyl halides is 1. The van der Waals surface area contributed by atoms with E-state index in [1.165, 1.54) is 24.3 Å². The van der Waals surface area contributed by atoms with Crippen LogP contribution in [-0.4, -0.2) is 35.1 Å². The normalized spacial score (nSPS) is 29.1. The summed E-state index contributed by atoms with van der Waals surface area (Å²) in [6.07, 6.45) is 5.45. The van der Waals surface area contributed by atoms with E-state index in [0.717, 1.165) is 0 Å². The molecule has 8 heteroatoms. The summed E-state index contributed by atoms with van der Waals surface area (Å²) in [6, 6.07) is 0. The molecular formula is C8H11BrN2O4S. The lowest BCUT2D eigenvalue weighted by molar-refractivity contribution is -0.119. The van der Waals surface area contributed by atoms with Crippen LogP contribution in [0.25, 0.3) is 0 Å². The first-order valence-electron chi connectivity index (χ1n) is 4.28. The van der Waals surface area contributed by atoms with Crippen LogP contribution in [0.15, 0.2) is 24.3 Å². The van der Waals surface area contributed by atoms with Crippen molar-refractivity contribution in [2.75, 3.05) is 5.33 Å². The molecule has 0 heterocycles. The Labute approximate surface area is 101 Å². The van der Waals surface area contributed by atoms with Crippen molar-refractivity contribution in [3.63, 3.8) is 0 Å². The number of carbonyl (C=O) groups is 1. The lowest BCUT2D eigenvalue weighted by Gasteiger charge is -2.33. The average Bonchev–Trinajstić information content (AvgIpc) is 2.15. The number of nitrogens with two attached hydrogens (primary N) is 1. The molecule has 1 amide bonds. The fourth-order valence-corrected chi connectivity index (χ4v) is 2.43. The summed E-state index contributed by atoms with van der Waals surface area (Å²) in [5, 5.41) is 0.909. The number of halogens is 1. The maximum Gasteiger partial charge on any atom is 0.275 e. The molecular weight excluding hydrogens is 300 g/mol. The van der Waals surface area contributed by atoms with Crippen molar-refractivity contribution in [3.05, 3.63) is 24.3 Å². The van der Waals surface area contributed by atoms with Crippen LogP contribution in [-0.2, 0) is 14.9 Å². The zero-order valence-electron chi connectivity index (χ0n) is 8.13. The van der Waals surface area contributed by atoms with Crippen molar-refractivity contribution in [2.24, 2.45) is 5.73 Å². The minimum Gasteiger partial charge on any atom is -0.332 e. The van der Waals surface area contributed by atoms with E-state index in [4.69, 9.17) is 10.3 Å². The molecule has 1 rings (SSSR count). The summed E-state index contributed by atoms with van der Waals surface area (Å²) < 4.78 is 31.2. The Hall–Kier alpha value is -0.700. The van der Waals surface area contributed by atoms with Crippen molar-refractivity contribution in [2.45, 2.75) is 10.9 Å². The zero-order chi connectivity index (χ0) is 12.4. The van der Waals surface area contributed by atoms with Crippen molar-refractivity contribution in [3.8, 4) is 0 Å². The van der Waals surface area contributed by atoms with E-state index in [2.05, 4.69) is 21.2 Å². The molecule has 0 spiro atoms. The number of amides is 1. The maximum atomic E-state index is 11.2. The summed E-state index contributed by atoms with van der Waals surface area (Å²) in [5.74, 6) is -0.476. The highest BCUT2D eigenvalue weighted by molar-refractivity contribution is 9.09. The molecule has 90 valence electrons. The molecule has 0 radical (unpaired) electrons. The summed E-state index contributed by atoms with van der Waals surface area (Å²) in [6.45, 7) is 0. The van der Waals surface area contributed by atoms with Gasteiger partial charge >= 0.3 is 0 Å². The molecule has 2 unspecified atom stereocenters. The van der Waals surface area contributed by atoms with E-state index >= 15 is 0 Å². The molecule has 2 atom stereocenters. The number of rotatable bonds is 3. The molecule has 0 saturated heterocycles. The van der Waals surface area contributed by atoms with Crippen LogP contribution in [0.5, 0.6) is 0 Å². The molecule has 0 saturated carbocycles. The van der Waals surface area contributed by atoms with Gasteiger partial charge in [-0.3, -0.25) is 9.35 Å². The van der Waals surface area contributed by atoms with Gasteiger partial charge in [0.1, 0.15) is 10.9 Å². The van der Waals surface area contributed by atoms with Crippen LogP contribution in [0, 0.1) is 0 Å². The Morgan fingerprint density at radius 2 is 2.19 bits per heavy atom. The Morgan fingerprint density at radius 3 is 2.69 bits per heavy atom. The van der Waals surface area contributed by atoms with Gasteiger partial charge in [0, 0.05) is 0 Å².